The van der Waals surface area contributed by atoms with E-state index in [1.165, 1.54) is 6.26 Å². The number of aromatic nitrogens is 3. The molecular formula is C19H18N4O3. The van der Waals surface area contributed by atoms with E-state index in [9.17, 15) is 4.79 Å². The van der Waals surface area contributed by atoms with Gasteiger partial charge in [-0.2, -0.15) is 0 Å². The molecule has 3 heterocycles. The lowest BCUT2D eigenvalue weighted by molar-refractivity contribution is -0.146. The van der Waals surface area contributed by atoms with Gasteiger partial charge in [0, 0.05) is 24.5 Å². The third-order valence-electron chi connectivity index (χ3n) is 4.27. The summed E-state index contributed by atoms with van der Waals surface area (Å²) in [6.07, 6.45) is 6.49. The molecule has 1 aromatic carbocycles. The highest BCUT2D eigenvalue weighted by molar-refractivity contribution is 5.80. The van der Waals surface area contributed by atoms with Crippen LogP contribution in [0.2, 0.25) is 0 Å². The van der Waals surface area contributed by atoms with Crippen LogP contribution in [0.4, 0.5) is 5.95 Å². The van der Waals surface area contributed by atoms with E-state index in [1.54, 1.807) is 18.5 Å². The van der Waals surface area contributed by atoms with Gasteiger partial charge in [-0.1, -0.05) is 18.2 Å². The van der Waals surface area contributed by atoms with Crippen LogP contribution in [0.3, 0.4) is 0 Å². The smallest absolute Gasteiger partial charge is 0.329 e. The number of rotatable bonds is 5. The van der Waals surface area contributed by atoms with Crippen LogP contribution in [-0.2, 0) is 16.1 Å². The molecular weight excluding hydrogens is 332 g/mol. The van der Waals surface area contributed by atoms with Crippen molar-refractivity contribution in [1.29, 1.82) is 0 Å². The Balaban J connectivity index is 1.39. The number of nitrogens with zero attached hydrogens (tertiary/aromatic N) is 4. The maximum Gasteiger partial charge on any atom is 0.329 e. The number of benzene rings is 1. The summed E-state index contributed by atoms with van der Waals surface area (Å²) in [5.41, 5.74) is 1.46. The van der Waals surface area contributed by atoms with Gasteiger partial charge in [-0.05, 0) is 31.0 Å². The SMILES string of the molecule is O=C(OCc1coc(-c2ccccc2)n1)[C@H]1CCCN1c1ncccn1. The van der Waals surface area contributed by atoms with E-state index in [4.69, 9.17) is 9.15 Å². The Kier molecular flexibility index (Phi) is 4.59. The van der Waals surface area contributed by atoms with Crippen molar-refractivity contribution in [1.82, 2.24) is 15.0 Å². The maximum atomic E-state index is 12.5. The number of oxazole rings is 1. The minimum atomic E-state index is -0.363. The molecule has 132 valence electrons. The molecule has 4 rings (SSSR count). The Morgan fingerprint density at radius 2 is 2.00 bits per heavy atom. The molecule has 1 fully saturated rings. The molecule has 1 aliphatic heterocycles. The van der Waals surface area contributed by atoms with Gasteiger partial charge in [-0.25, -0.2) is 19.7 Å². The standard InChI is InChI=1S/C19H18N4O3/c24-18(16-8-4-11-23(16)19-20-9-5-10-21-19)26-13-15-12-25-17(22-15)14-6-2-1-3-7-14/h1-3,5-7,9-10,12,16H,4,8,11,13H2/t16-/m1/s1. The van der Waals surface area contributed by atoms with Gasteiger partial charge in [0.2, 0.25) is 11.8 Å². The molecule has 7 nitrogen and oxygen atoms in total. The number of anilines is 1. The second-order valence-electron chi connectivity index (χ2n) is 6.02. The summed E-state index contributed by atoms with van der Waals surface area (Å²) in [4.78, 5) is 27.2. The summed E-state index contributed by atoms with van der Waals surface area (Å²) in [5, 5.41) is 0. The summed E-state index contributed by atoms with van der Waals surface area (Å²) >= 11 is 0. The van der Waals surface area contributed by atoms with Gasteiger partial charge in [-0.3, -0.25) is 0 Å². The molecule has 0 radical (unpaired) electrons. The van der Waals surface area contributed by atoms with Crippen LogP contribution < -0.4 is 4.90 Å². The van der Waals surface area contributed by atoms with E-state index in [0.29, 0.717) is 17.5 Å². The van der Waals surface area contributed by atoms with Gasteiger partial charge < -0.3 is 14.1 Å². The Hall–Kier alpha value is -3.22. The second kappa shape index (κ2) is 7.35. The number of hydrogen-bond donors (Lipinski definition) is 0. The largest absolute Gasteiger partial charge is 0.458 e. The molecule has 0 bridgehead atoms. The van der Waals surface area contributed by atoms with Gasteiger partial charge in [0.25, 0.3) is 0 Å². The molecule has 0 unspecified atom stereocenters. The first-order valence-electron chi connectivity index (χ1n) is 8.51. The van der Waals surface area contributed by atoms with Gasteiger partial charge >= 0.3 is 5.97 Å². The van der Waals surface area contributed by atoms with E-state index >= 15 is 0 Å². The molecule has 1 saturated heterocycles. The Bertz CT molecular complexity index is 867. The minimum Gasteiger partial charge on any atom is -0.458 e. The fraction of sp³-hybridized carbons (Fsp3) is 0.263. The molecule has 0 spiro atoms. The first-order valence-corrected chi connectivity index (χ1v) is 8.51. The molecule has 0 amide bonds. The topological polar surface area (TPSA) is 81.4 Å². The van der Waals surface area contributed by atoms with Crippen LogP contribution in [0.5, 0.6) is 0 Å². The van der Waals surface area contributed by atoms with E-state index in [-0.39, 0.29) is 18.6 Å². The van der Waals surface area contributed by atoms with E-state index in [1.807, 2.05) is 35.2 Å². The van der Waals surface area contributed by atoms with Crippen molar-refractivity contribution >= 4 is 11.9 Å². The molecule has 26 heavy (non-hydrogen) atoms. The number of carbonyl (C=O) groups excluding carboxylic acids is 1. The number of carbonyl (C=O) groups is 1. The van der Waals surface area contributed by atoms with Gasteiger partial charge in [-0.15, -0.1) is 0 Å². The van der Waals surface area contributed by atoms with E-state index in [2.05, 4.69) is 15.0 Å². The monoisotopic (exact) mass is 350 g/mol. The summed E-state index contributed by atoms with van der Waals surface area (Å²) < 4.78 is 10.9. The van der Waals surface area contributed by atoms with Crippen LogP contribution in [0.1, 0.15) is 18.5 Å². The highest BCUT2D eigenvalue weighted by Gasteiger charge is 2.33. The summed E-state index contributed by atoms with van der Waals surface area (Å²) in [6.45, 7) is 0.820. The summed E-state index contributed by atoms with van der Waals surface area (Å²) in [5.74, 6) is 0.774. The zero-order valence-electron chi connectivity index (χ0n) is 14.1. The number of ether oxygens (including phenoxy) is 1. The van der Waals surface area contributed by atoms with Crippen LogP contribution in [0, 0.1) is 0 Å². The Morgan fingerprint density at radius 1 is 1.19 bits per heavy atom. The van der Waals surface area contributed by atoms with Crippen molar-refractivity contribution < 1.29 is 13.9 Å². The van der Waals surface area contributed by atoms with Crippen molar-refractivity contribution in [2.45, 2.75) is 25.5 Å². The van der Waals surface area contributed by atoms with Crippen molar-refractivity contribution in [2.24, 2.45) is 0 Å². The van der Waals surface area contributed by atoms with Crippen LogP contribution >= 0.6 is 0 Å². The molecule has 0 saturated carbocycles. The van der Waals surface area contributed by atoms with Crippen molar-refractivity contribution in [2.75, 3.05) is 11.4 Å². The van der Waals surface area contributed by atoms with Gasteiger partial charge in [0.15, 0.2) is 0 Å². The van der Waals surface area contributed by atoms with Crippen LogP contribution in [-0.4, -0.2) is 33.5 Å². The number of esters is 1. The predicted molar refractivity (Wildman–Crippen MR) is 94.1 cm³/mol. The third kappa shape index (κ3) is 3.42. The van der Waals surface area contributed by atoms with Crippen LogP contribution in [0.15, 0.2) is 59.5 Å². The lowest BCUT2D eigenvalue weighted by Crippen LogP contribution is -2.38. The normalized spacial score (nSPS) is 16.6. The predicted octanol–water partition coefficient (Wildman–Crippen LogP) is 2.84. The van der Waals surface area contributed by atoms with Gasteiger partial charge in [0.1, 0.15) is 24.6 Å². The number of hydrogen-bond acceptors (Lipinski definition) is 7. The van der Waals surface area contributed by atoms with Gasteiger partial charge in [0.05, 0.1) is 0 Å². The minimum absolute atomic E-state index is 0.0785. The third-order valence-corrected chi connectivity index (χ3v) is 4.27. The molecule has 7 heteroatoms. The Labute approximate surface area is 150 Å². The van der Waals surface area contributed by atoms with Crippen LogP contribution in [0.25, 0.3) is 11.5 Å². The maximum absolute atomic E-state index is 12.5. The fourth-order valence-electron chi connectivity index (χ4n) is 3.02. The first kappa shape index (κ1) is 16.3. The van der Waals surface area contributed by atoms with Crippen molar-refractivity contribution in [3.63, 3.8) is 0 Å². The molecule has 1 aliphatic rings. The molecule has 1 atom stereocenters. The second-order valence-corrected chi connectivity index (χ2v) is 6.02. The summed E-state index contributed by atoms with van der Waals surface area (Å²) in [7, 11) is 0. The first-order chi connectivity index (χ1) is 12.8. The highest BCUT2D eigenvalue weighted by atomic mass is 16.5. The van der Waals surface area contributed by atoms with Crippen molar-refractivity contribution in [3.8, 4) is 11.5 Å². The van der Waals surface area contributed by atoms with E-state index < -0.39 is 0 Å². The zero-order valence-corrected chi connectivity index (χ0v) is 14.1. The quantitative estimate of drug-likeness (QED) is 0.654. The lowest BCUT2D eigenvalue weighted by Gasteiger charge is -2.22. The average Bonchev–Trinajstić information content (AvgIpc) is 3.37. The average molecular weight is 350 g/mol. The van der Waals surface area contributed by atoms with E-state index in [0.717, 1.165) is 24.9 Å². The molecule has 2 aromatic heterocycles. The highest BCUT2D eigenvalue weighted by Crippen LogP contribution is 2.23. The molecule has 3 aromatic rings. The molecule has 0 aliphatic carbocycles. The summed E-state index contributed by atoms with van der Waals surface area (Å²) in [6, 6.07) is 11.0. The lowest BCUT2D eigenvalue weighted by atomic mass is 10.2. The zero-order chi connectivity index (χ0) is 17.8. The fourth-order valence-corrected chi connectivity index (χ4v) is 3.02. The van der Waals surface area contributed by atoms with Crippen molar-refractivity contribution in [3.05, 3.63) is 60.7 Å². The molecule has 0 N–H and O–H groups in total. The Morgan fingerprint density at radius 3 is 2.81 bits per heavy atom.